The number of aliphatic hydroxyl groups is 1. The van der Waals surface area contributed by atoms with Crippen LogP contribution in [-0.2, 0) is 0 Å². The van der Waals surface area contributed by atoms with E-state index in [-0.39, 0.29) is 12.0 Å². The molecule has 0 amide bonds. The fourth-order valence-corrected chi connectivity index (χ4v) is 2.35. The van der Waals surface area contributed by atoms with Crippen LogP contribution in [0.5, 0.6) is 5.75 Å². The lowest BCUT2D eigenvalue weighted by molar-refractivity contribution is 0.0648. The fourth-order valence-electron chi connectivity index (χ4n) is 2.35. The molecule has 3 heteroatoms. The zero-order valence-electron chi connectivity index (χ0n) is 10.2. The van der Waals surface area contributed by atoms with E-state index < -0.39 is 0 Å². The Morgan fingerprint density at radius 1 is 1.18 bits per heavy atom. The van der Waals surface area contributed by atoms with Crippen LogP contribution in [0.2, 0.25) is 0 Å². The second-order valence-corrected chi connectivity index (χ2v) is 4.82. The number of nitrogens with one attached hydrogen (secondary N) is 1. The highest BCUT2D eigenvalue weighted by Gasteiger charge is 2.30. The zero-order valence-corrected chi connectivity index (χ0v) is 10.2. The molecule has 0 spiro atoms. The summed E-state index contributed by atoms with van der Waals surface area (Å²) in [5, 5.41) is 12.9. The summed E-state index contributed by atoms with van der Waals surface area (Å²) >= 11 is 0. The van der Waals surface area contributed by atoms with Gasteiger partial charge in [0.1, 0.15) is 5.75 Å². The second-order valence-electron chi connectivity index (χ2n) is 4.82. The zero-order chi connectivity index (χ0) is 12.0. The topological polar surface area (TPSA) is 41.5 Å². The summed E-state index contributed by atoms with van der Waals surface area (Å²) in [6.07, 6.45) is 3.02. The fraction of sp³-hybridized carbons (Fsp3) is 0.571. The maximum Gasteiger partial charge on any atom is 0.119 e. The Bertz CT molecular complexity index is 320. The molecule has 0 atom stereocenters. The number of hydrogen-bond donors (Lipinski definition) is 2. The highest BCUT2D eigenvalue weighted by molar-refractivity contribution is 5.20. The van der Waals surface area contributed by atoms with E-state index in [1.165, 1.54) is 0 Å². The predicted molar refractivity (Wildman–Crippen MR) is 68.2 cm³/mol. The molecule has 1 saturated heterocycles. The van der Waals surface area contributed by atoms with E-state index >= 15 is 0 Å². The van der Waals surface area contributed by atoms with Gasteiger partial charge in [0.15, 0.2) is 0 Å². The van der Waals surface area contributed by atoms with Crippen molar-refractivity contribution >= 4 is 0 Å². The van der Waals surface area contributed by atoms with Crippen LogP contribution in [0.3, 0.4) is 0 Å². The van der Waals surface area contributed by atoms with Crippen LogP contribution in [0.1, 0.15) is 19.3 Å². The van der Waals surface area contributed by atoms with E-state index in [4.69, 9.17) is 4.74 Å². The Labute approximate surface area is 103 Å². The van der Waals surface area contributed by atoms with Crippen LogP contribution in [0, 0.1) is 5.41 Å². The third-order valence-electron chi connectivity index (χ3n) is 3.64. The quantitative estimate of drug-likeness (QED) is 0.818. The molecular formula is C14H21NO2. The molecule has 1 fully saturated rings. The second kappa shape index (κ2) is 6.03. The van der Waals surface area contributed by atoms with E-state index in [0.29, 0.717) is 6.61 Å². The Hall–Kier alpha value is -1.06. The van der Waals surface area contributed by atoms with Crippen LogP contribution in [-0.4, -0.2) is 31.4 Å². The first-order valence-electron chi connectivity index (χ1n) is 6.34. The normalized spacial score (nSPS) is 18.9. The van der Waals surface area contributed by atoms with Crippen molar-refractivity contribution in [3.63, 3.8) is 0 Å². The number of rotatable bonds is 5. The van der Waals surface area contributed by atoms with Gasteiger partial charge in [-0.25, -0.2) is 0 Å². The van der Waals surface area contributed by atoms with Crippen molar-refractivity contribution in [2.45, 2.75) is 19.3 Å². The Morgan fingerprint density at radius 2 is 1.88 bits per heavy atom. The minimum atomic E-state index is 0.0695. The van der Waals surface area contributed by atoms with Gasteiger partial charge < -0.3 is 15.2 Å². The molecule has 0 saturated carbocycles. The molecule has 1 aliphatic rings. The number of aliphatic hydroxyl groups excluding tert-OH is 1. The van der Waals surface area contributed by atoms with Crippen molar-refractivity contribution in [1.82, 2.24) is 5.32 Å². The van der Waals surface area contributed by atoms with E-state index in [1.807, 2.05) is 30.3 Å². The first-order valence-corrected chi connectivity index (χ1v) is 6.34. The summed E-state index contributed by atoms with van der Waals surface area (Å²) in [6, 6.07) is 9.86. The largest absolute Gasteiger partial charge is 0.494 e. The van der Waals surface area contributed by atoms with E-state index in [9.17, 15) is 5.11 Å². The SMILES string of the molecule is OCC1(CCOc2ccccc2)CCNCC1. The average molecular weight is 235 g/mol. The molecule has 1 aromatic carbocycles. The van der Waals surface area contributed by atoms with E-state index in [2.05, 4.69) is 5.32 Å². The maximum absolute atomic E-state index is 9.56. The van der Waals surface area contributed by atoms with Crippen LogP contribution < -0.4 is 10.1 Å². The number of hydrogen-bond acceptors (Lipinski definition) is 3. The molecule has 94 valence electrons. The monoisotopic (exact) mass is 235 g/mol. The minimum absolute atomic E-state index is 0.0695. The minimum Gasteiger partial charge on any atom is -0.494 e. The lowest BCUT2D eigenvalue weighted by Crippen LogP contribution is -2.40. The highest BCUT2D eigenvalue weighted by Crippen LogP contribution is 2.32. The predicted octanol–water partition coefficient (Wildman–Crippen LogP) is 1.82. The number of para-hydroxylation sites is 1. The number of piperidine rings is 1. The van der Waals surface area contributed by atoms with E-state index in [0.717, 1.165) is 38.1 Å². The summed E-state index contributed by atoms with van der Waals surface area (Å²) in [6.45, 7) is 2.97. The molecule has 1 heterocycles. The molecule has 0 aromatic heterocycles. The molecular weight excluding hydrogens is 214 g/mol. The molecule has 0 unspecified atom stereocenters. The highest BCUT2D eigenvalue weighted by atomic mass is 16.5. The Kier molecular flexibility index (Phi) is 4.40. The third kappa shape index (κ3) is 3.45. The molecule has 17 heavy (non-hydrogen) atoms. The van der Waals surface area contributed by atoms with Crippen molar-refractivity contribution in [3.05, 3.63) is 30.3 Å². The van der Waals surface area contributed by atoms with Gasteiger partial charge in [-0.15, -0.1) is 0 Å². The van der Waals surface area contributed by atoms with Crippen LogP contribution in [0.4, 0.5) is 0 Å². The molecule has 2 rings (SSSR count). The summed E-state index contributed by atoms with van der Waals surface area (Å²) in [5.74, 6) is 0.912. The molecule has 0 bridgehead atoms. The molecule has 1 aliphatic heterocycles. The summed E-state index contributed by atoms with van der Waals surface area (Å²) < 4.78 is 5.70. The van der Waals surface area contributed by atoms with Gasteiger partial charge >= 0.3 is 0 Å². The van der Waals surface area contributed by atoms with Crippen molar-refractivity contribution in [2.24, 2.45) is 5.41 Å². The van der Waals surface area contributed by atoms with Gasteiger partial charge in [0, 0.05) is 6.61 Å². The van der Waals surface area contributed by atoms with Gasteiger partial charge in [0.25, 0.3) is 0 Å². The Morgan fingerprint density at radius 3 is 2.53 bits per heavy atom. The number of benzene rings is 1. The smallest absolute Gasteiger partial charge is 0.119 e. The van der Waals surface area contributed by atoms with Gasteiger partial charge in [-0.1, -0.05) is 18.2 Å². The van der Waals surface area contributed by atoms with Crippen LogP contribution in [0.25, 0.3) is 0 Å². The molecule has 0 radical (unpaired) electrons. The molecule has 3 nitrogen and oxygen atoms in total. The summed E-state index contributed by atoms with van der Waals surface area (Å²) in [5.41, 5.74) is 0.0695. The van der Waals surface area contributed by atoms with Gasteiger partial charge in [0.05, 0.1) is 6.61 Å². The van der Waals surface area contributed by atoms with Crippen molar-refractivity contribution in [2.75, 3.05) is 26.3 Å². The summed E-state index contributed by atoms with van der Waals surface area (Å²) in [4.78, 5) is 0. The molecule has 0 aliphatic carbocycles. The molecule has 2 N–H and O–H groups in total. The lowest BCUT2D eigenvalue weighted by atomic mass is 9.77. The van der Waals surface area contributed by atoms with E-state index in [1.54, 1.807) is 0 Å². The number of ether oxygens (including phenoxy) is 1. The van der Waals surface area contributed by atoms with Crippen molar-refractivity contribution < 1.29 is 9.84 Å². The summed E-state index contributed by atoms with van der Waals surface area (Å²) in [7, 11) is 0. The maximum atomic E-state index is 9.56. The average Bonchev–Trinajstić information content (AvgIpc) is 2.41. The van der Waals surface area contributed by atoms with Crippen molar-refractivity contribution in [3.8, 4) is 5.75 Å². The van der Waals surface area contributed by atoms with Crippen LogP contribution in [0.15, 0.2) is 30.3 Å². The lowest BCUT2D eigenvalue weighted by Gasteiger charge is -2.35. The van der Waals surface area contributed by atoms with Gasteiger partial charge in [-0.05, 0) is 49.9 Å². The van der Waals surface area contributed by atoms with Gasteiger partial charge in [-0.2, -0.15) is 0 Å². The first kappa shape index (κ1) is 12.4. The van der Waals surface area contributed by atoms with Crippen LogP contribution >= 0.6 is 0 Å². The van der Waals surface area contributed by atoms with Crippen molar-refractivity contribution in [1.29, 1.82) is 0 Å². The van der Waals surface area contributed by atoms with Gasteiger partial charge in [-0.3, -0.25) is 0 Å². The molecule has 1 aromatic rings. The first-order chi connectivity index (χ1) is 8.35. The standard InChI is InChI=1S/C14H21NO2/c16-12-14(6-9-15-10-7-14)8-11-17-13-4-2-1-3-5-13/h1-5,15-16H,6-12H2. The Balaban J connectivity index is 1.80. The van der Waals surface area contributed by atoms with Gasteiger partial charge in [0.2, 0.25) is 0 Å². The third-order valence-corrected chi connectivity index (χ3v) is 3.64.